The van der Waals surface area contributed by atoms with Crippen LogP contribution >= 0.6 is 11.8 Å². The van der Waals surface area contributed by atoms with Gasteiger partial charge in [-0.3, -0.25) is 0 Å². The molecule has 1 aromatic carbocycles. The van der Waals surface area contributed by atoms with Crippen molar-refractivity contribution in [3.05, 3.63) is 29.8 Å². The van der Waals surface area contributed by atoms with Crippen LogP contribution in [0.3, 0.4) is 0 Å². The summed E-state index contributed by atoms with van der Waals surface area (Å²) in [7, 11) is 0. The van der Waals surface area contributed by atoms with E-state index in [4.69, 9.17) is 5.11 Å². The Hall–Kier alpha value is -0.670. The summed E-state index contributed by atoms with van der Waals surface area (Å²) in [5.74, 6) is 1.12. The predicted molar refractivity (Wildman–Crippen MR) is 60.8 cm³/mol. The summed E-state index contributed by atoms with van der Waals surface area (Å²) in [5, 5.41) is 18.6. The molecule has 2 N–H and O–H groups in total. The van der Waals surface area contributed by atoms with E-state index in [-0.39, 0.29) is 6.61 Å². The number of para-hydroxylation sites is 1. The maximum Gasteiger partial charge on any atom is 0.118 e. The number of rotatable bonds is 5. The van der Waals surface area contributed by atoms with Gasteiger partial charge < -0.3 is 10.2 Å². The summed E-state index contributed by atoms with van der Waals surface area (Å²) in [6.45, 7) is 2.32. The van der Waals surface area contributed by atoms with Gasteiger partial charge in [0.15, 0.2) is 0 Å². The van der Waals surface area contributed by atoms with E-state index in [9.17, 15) is 5.11 Å². The van der Waals surface area contributed by atoms with Crippen LogP contribution in [-0.4, -0.2) is 27.8 Å². The maximum absolute atomic E-state index is 9.53. The lowest BCUT2D eigenvalue weighted by Crippen LogP contribution is -2.04. The average Bonchev–Trinajstić information content (AvgIpc) is 2.18. The minimum atomic E-state index is 0.218. The molecule has 1 unspecified atom stereocenters. The van der Waals surface area contributed by atoms with Gasteiger partial charge in [-0.05, 0) is 18.1 Å². The zero-order valence-electron chi connectivity index (χ0n) is 8.31. The van der Waals surface area contributed by atoms with Gasteiger partial charge in [-0.2, -0.15) is 11.8 Å². The Balaban J connectivity index is 2.47. The summed E-state index contributed by atoms with van der Waals surface area (Å²) < 4.78 is 0. The largest absolute Gasteiger partial charge is 0.508 e. The van der Waals surface area contributed by atoms with Crippen molar-refractivity contribution < 1.29 is 10.2 Å². The lowest BCUT2D eigenvalue weighted by atomic mass is 10.1. The fourth-order valence-corrected chi connectivity index (χ4v) is 2.11. The molecular weight excluding hydrogens is 196 g/mol. The van der Waals surface area contributed by atoms with Crippen LogP contribution in [0.1, 0.15) is 12.5 Å². The van der Waals surface area contributed by atoms with Crippen molar-refractivity contribution in [1.29, 1.82) is 0 Å². The zero-order valence-corrected chi connectivity index (χ0v) is 9.13. The number of hydrogen-bond donors (Lipinski definition) is 2. The van der Waals surface area contributed by atoms with E-state index in [1.54, 1.807) is 17.8 Å². The van der Waals surface area contributed by atoms with Crippen molar-refractivity contribution in [3.8, 4) is 5.75 Å². The summed E-state index contributed by atoms with van der Waals surface area (Å²) in [5.41, 5.74) is 0.977. The van der Waals surface area contributed by atoms with E-state index in [0.29, 0.717) is 11.0 Å². The number of phenolic OH excluding ortho intramolecular Hbond substituents is 1. The van der Waals surface area contributed by atoms with E-state index in [2.05, 4.69) is 6.92 Å². The van der Waals surface area contributed by atoms with Crippen LogP contribution in [-0.2, 0) is 6.42 Å². The molecule has 0 aliphatic carbocycles. The van der Waals surface area contributed by atoms with Crippen LogP contribution in [0.4, 0.5) is 0 Å². The molecule has 1 aromatic rings. The quantitative estimate of drug-likeness (QED) is 0.784. The Labute approximate surface area is 89.0 Å². The molecule has 0 amide bonds. The Morgan fingerprint density at radius 3 is 2.71 bits per heavy atom. The fraction of sp³-hybridized carbons (Fsp3) is 0.455. The number of benzene rings is 1. The first-order chi connectivity index (χ1) is 6.74. The Morgan fingerprint density at radius 1 is 1.36 bits per heavy atom. The Morgan fingerprint density at radius 2 is 2.07 bits per heavy atom. The van der Waals surface area contributed by atoms with E-state index < -0.39 is 0 Å². The van der Waals surface area contributed by atoms with Crippen LogP contribution in [0.15, 0.2) is 24.3 Å². The molecule has 3 heteroatoms. The molecule has 0 saturated carbocycles. The maximum atomic E-state index is 9.53. The van der Waals surface area contributed by atoms with Crippen LogP contribution < -0.4 is 0 Å². The molecule has 0 fully saturated rings. The van der Waals surface area contributed by atoms with Gasteiger partial charge in [-0.15, -0.1) is 0 Å². The summed E-state index contributed by atoms with van der Waals surface area (Å²) in [4.78, 5) is 0. The molecule has 0 spiro atoms. The van der Waals surface area contributed by atoms with Gasteiger partial charge in [-0.1, -0.05) is 25.1 Å². The van der Waals surface area contributed by atoms with Crippen molar-refractivity contribution in [2.45, 2.75) is 18.6 Å². The molecule has 0 bridgehead atoms. The van der Waals surface area contributed by atoms with E-state index in [1.807, 2.05) is 18.2 Å². The van der Waals surface area contributed by atoms with Gasteiger partial charge in [0.05, 0.1) is 6.61 Å². The molecule has 78 valence electrons. The number of thioether (sulfide) groups is 1. The molecule has 0 aromatic heterocycles. The van der Waals surface area contributed by atoms with Crippen molar-refractivity contribution in [2.24, 2.45) is 0 Å². The van der Waals surface area contributed by atoms with E-state index in [1.165, 1.54) is 0 Å². The average molecular weight is 212 g/mol. The third-order valence-electron chi connectivity index (χ3n) is 1.99. The van der Waals surface area contributed by atoms with Crippen LogP contribution in [0.2, 0.25) is 0 Å². The molecular formula is C11H16O2S. The Kier molecular flexibility index (Phi) is 4.84. The van der Waals surface area contributed by atoms with Crippen LogP contribution in [0.5, 0.6) is 5.75 Å². The summed E-state index contributed by atoms with van der Waals surface area (Å²) >= 11 is 1.72. The number of aromatic hydroxyl groups is 1. The molecule has 0 aliphatic rings. The predicted octanol–water partition coefficient (Wildman–Crippen LogP) is 2.05. The first-order valence-electron chi connectivity index (χ1n) is 4.73. The van der Waals surface area contributed by atoms with Gasteiger partial charge >= 0.3 is 0 Å². The third kappa shape index (κ3) is 3.60. The lowest BCUT2D eigenvalue weighted by Gasteiger charge is -2.11. The monoisotopic (exact) mass is 212 g/mol. The van der Waals surface area contributed by atoms with Crippen molar-refractivity contribution >= 4 is 11.8 Å². The standard InChI is InChI=1S/C11H16O2S/c1-9(14-7-6-12)8-10-4-2-3-5-11(10)13/h2-5,9,12-13H,6-8H2,1H3. The molecule has 0 saturated heterocycles. The van der Waals surface area contributed by atoms with Crippen molar-refractivity contribution in [2.75, 3.05) is 12.4 Å². The van der Waals surface area contributed by atoms with Crippen LogP contribution in [0, 0.1) is 0 Å². The van der Waals surface area contributed by atoms with Gasteiger partial charge in [0, 0.05) is 11.0 Å². The fourth-order valence-electron chi connectivity index (χ4n) is 1.31. The molecule has 1 rings (SSSR count). The minimum Gasteiger partial charge on any atom is -0.508 e. The zero-order chi connectivity index (χ0) is 10.4. The second-order valence-electron chi connectivity index (χ2n) is 3.24. The van der Waals surface area contributed by atoms with E-state index in [0.717, 1.165) is 17.7 Å². The minimum absolute atomic E-state index is 0.218. The molecule has 0 heterocycles. The SMILES string of the molecule is CC(Cc1ccccc1O)SCCO. The van der Waals surface area contributed by atoms with Gasteiger partial charge in [0.25, 0.3) is 0 Å². The number of aliphatic hydroxyl groups is 1. The highest BCUT2D eigenvalue weighted by Gasteiger charge is 2.06. The number of phenols is 1. The smallest absolute Gasteiger partial charge is 0.118 e. The van der Waals surface area contributed by atoms with Crippen LogP contribution in [0.25, 0.3) is 0 Å². The number of hydrogen-bond acceptors (Lipinski definition) is 3. The number of aliphatic hydroxyl groups excluding tert-OH is 1. The second kappa shape index (κ2) is 5.94. The Bertz CT molecular complexity index is 276. The molecule has 1 atom stereocenters. The first-order valence-corrected chi connectivity index (χ1v) is 5.78. The van der Waals surface area contributed by atoms with Crippen molar-refractivity contribution in [3.63, 3.8) is 0 Å². The van der Waals surface area contributed by atoms with Gasteiger partial charge in [0.1, 0.15) is 5.75 Å². The highest BCUT2D eigenvalue weighted by Crippen LogP contribution is 2.22. The highest BCUT2D eigenvalue weighted by molar-refractivity contribution is 7.99. The highest BCUT2D eigenvalue weighted by atomic mass is 32.2. The van der Waals surface area contributed by atoms with E-state index >= 15 is 0 Å². The molecule has 14 heavy (non-hydrogen) atoms. The lowest BCUT2D eigenvalue weighted by molar-refractivity contribution is 0.322. The topological polar surface area (TPSA) is 40.5 Å². The van der Waals surface area contributed by atoms with Gasteiger partial charge in [-0.25, -0.2) is 0 Å². The second-order valence-corrected chi connectivity index (χ2v) is 4.78. The van der Waals surface area contributed by atoms with Crippen molar-refractivity contribution in [1.82, 2.24) is 0 Å². The normalized spacial score (nSPS) is 12.7. The van der Waals surface area contributed by atoms with Gasteiger partial charge in [0.2, 0.25) is 0 Å². The molecule has 0 aliphatic heterocycles. The first kappa shape index (κ1) is 11.4. The third-order valence-corrected chi connectivity index (χ3v) is 3.15. The molecule has 0 radical (unpaired) electrons. The summed E-state index contributed by atoms with van der Waals surface area (Å²) in [6, 6.07) is 7.40. The molecule has 2 nitrogen and oxygen atoms in total. The summed E-state index contributed by atoms with van der Waals surface area (Å²) in [6.07, 6.45) is 0.845.